The van der Waals surface area contributed by atoms with Crippen LogP contribution in [0.5, 0.6) is 0 Å². The standard InChI is InChI=1S/C12H20N4O2/c1-12(2,3)9-5-10(16-15-9)14-11(18)8-4-7(17)6-13-8/h5,7-8,13,17H,4,6H2,1-3H3,(H2,14,15,16,18). The minimum atomic E-state index is -0.440. The Morgan fingerprint density at radius 2 is 2.28 bits per heavy atom. The lowest BCUT2D eigenvalue weighted by Gasteiger charge is -2.14. The van der Waals surface area contributed by atoms with E-state index >= 15 is 0 Å². The topological polar surface area (TPSA) is 90.0 Å². The Balaban J connectivity index is 1.97. The number of hydrogen-bond donors (Lipinski definition) is 4. The number of β-amino-alcohol motifs (C(OH)–C–C–N with tert-alkyl or cyclic N) is 1. The van der Waals surface area contributed by atoms with E-state index in [1.807, 2.05) is 6.07 Å². The molecule has 2 heterocycles. The molecule has 0 aliphatic carbocycles. The highest BCUT2D eigenvalue weighted by atomic mass is 16.3. The number of nitrogens with one attached hydrogen (secondary N) is 3. The number of amides is 1. The normalized spacial score (nSPS) is 24.2. The van der Waals surface area contributed by atoms with Crippen molar-refractivity contribution in [3.63, 3.8) is 0 Å². The van der Waals surface area contributed by atoms with E-state index in [0.29, 0.717) is 18.8 Å². The zero-order valence-corrected chi connectivity index (χ0v) is 10.9. The smallest absolute Gasteiger partial charge is 0.242 e. The largest absolute Gasteiger partial charge is 0.392 e. The first kappa shape index (κ1) is 13.0. The van der Waals surface area contributed by atoms with Gasteiger partial charge >= 0.3 is 0 Å². The molecule has 6 nitrogen and oxygen atoms in total. The van der Waals surface area contributed by atoms with Gasteiger partial charge in [-0.3, -0.25) is 9.89 Å². The first-order valence-corrected chi connectivity index (χ1v) is 6.14. The highest BCUT2D eigenvalue weighted by molar-refractivity contribution is 5.94. The quantitative estimate of drug-likeness (QED) is 0.612. The van der Waals surface area contributed by atoms with Crippen LogP contribution in [-0.2, 0) is 10.2 Å². The summed E-state index contributed by atoms with van der Waals surface area (Å²) in [7, 11) is 0. The van der Waals surface area contributed by atoms with E-state index in [2.05, 4.69) is 41.6 Å². The second-order valence-electron chi connectivity index (χ2n) is 5.76. The van der Waals surface area contributed by atoms with Crippen molar-refractivity contribution in [2.45, 2.75) is 44.8 Å². The number of aliphatic hydroxyl groups excluding tert-OH is 1. The summed E-state index contributed by atoms with van der Waals surface area (Å²) in [4.78, 5) is 11.9. The van der Waals surface area contributed by atoms with Crippen LogP contribution in [0.3, 0.4) is 0 Å². The second-order valence-corrected chi connectivity index (χ2v) is 5.76. The summed E-state index contributed by atoms with van der Waals surface area (Å²) in [5.41, 5.74) is 0.940. The number of carbonyl (C=O) groups is 1. The zero-order chi connectivity index (χ0) is 13.3. The van der Waals surface area contributed by atoms with Crippen LogP contribution in [0.1, 0.15) is 32.9 Å². The van der Waals surface area contributed by atoms with Crippen molar-refractivity contribution in [2.24, 2.45) is 0 Å². The molecule has 0 radical (unpaired) electrons. The maximum atomic E-state index is 11.9. The van der Waals surface area contributed by atoms with Gasteiger partial charge in [-0.1, -0.05) is 20.8 Å². The van der Waals surface area contributed by atoms with Gasteiger partial charge in [0.05, 0.1) is 12.1 Å². The van der Waals surface area contributed by atoms with Gasteiger partial charge in [0.25, 0.3) is 0 Å². The number of rotatable bonds is 2. The predicted molar refractivity (Wildman–Crippen MR) is 68.3 cm³/mol. The van der Waals surface area contributed by atoms with Crippen LogP contribution in [0, 0.1) is 0 Å². The third-order valence-corrected chi connectivity index (χ3v) is 3.06. The Morgan fingerprint density at radius 1 is 1.56 bits per heavy atom. The molecule has 2 unspecified atom stereocenters. The fourth-order valence-corrected chi connectivity index (χ4v) is 1.90. The lowest BCUT2D eigenvalue weighted by atomic mass is 9.92. The molecule has 0 bridgehead atoms. The number of hydrogen-bond acceptors (Lipinski definition) is 4. The van der Waals surface area contributed by atoms with Gasteiger partial charge in [-0.15, -0.1) is 0 Å². The summed E-state index contributed by atoms with van der Waals surface area (Å²) in [6.45, 7) is 6.68. The average Bonchev–Trinajstić information content (AvgIpc) is 2.85. The third-order valence-electron chi connectivity index (χ3n) is 3.06. The van der Waals surface area contributed by atoms with Crippen molar-refractivity contribution in [1.29, 1.82) is 0 Å². The summed E-state index contributed by atoms with van der Waals surface area (Å²) in [6.07, 6.45) is 0.00706. The van der Waals surface area contributed by atoms with E-state index in [4.69, 9.17) is 0 Å². The summed E-state index contributed by atoms with van der Waals surface area (Å²) in [5, 5.41) is 22.0. The van der Waals surface area contributed by atoms with Crippen molar-refractivity contribution >= 4 is 11.7 Å². The Hall–Kier alpha value is -1.40. The molecule has 6 heteroatoms. The van der Waals surface area contributed by atoms with Crippen LogP contribution < -0.4 is 10.6 Å². The molecule has 0 saturated carbocycles. The fourth-order valence-electron chi connectivity index (χ4n) is 1.90. The van der Waals surface area contributed by atoms with Crippen LogP contribution in [-0.4, -0.2) is 39.9 Å². The van der Waals surface area contributed by atoms with E-state index in [-0.39, 0.29) is 17.4 Å². The molecule has 1 aromatic heterocycles. The number of carbonyl (C=O) groups excluding carboxylic acids is 1. The van der Waals surface area contributed by atoms with Gasteiger partial charge in [-0.2, -0.15) is 5.10 Å². The Kier molecular flexibility index (Phi) is 3.41. The maximum Gasteiger partial charge on any atom is 0.242 e. The highest BCUT2D eigenvalue weighted by Gasteiger charge is 2.28. The first-order chi connectivity index (χ1) is 8.36. The lowest BCUT2D eigenvalue weighted by molar-refractivity contribution is -0.118. The monoisotopic (exact) mass is 252 g/mol. The molecule has 1 amide bonds. The van der Waals surface area contributed by atoms with Crippen molar-refractivity contribution in [2.75, 3.05) is 11.9 Å². The molecular weight excluding hydrogens is 232 g/mol. The highest BCUT2D eigenvalue weighted by Crippen LogP contribution is 2.22. The van der Waals surface area contributed by atoms with Crippen LogP contribution in [0.25, 0.3) is 0 Å². The number of aromatic amines is 1. The van der Waals surface area contributed by atoms with E-state index in [1.165, 1.54) is 0 Å². The van der Waals surface area contributed by atoms with E-state index < -0.39 is 6.10 Å². The molecule has 2 rings (SSSR count). The summed E-state index contributed by atoms with van der Waals surface area (Å²) >= 11 is 0. The predicted octanol–water partition coefficient (Wildman–Crippen LogP) is 0.368. The molecule has 1 aliphatic rings. The zero-order valence-electron chi connectivity index (χ0n) is 10.9. The molecule has 1 aromatic rings. The number of anilines is 1. The molecule has 1 aliphatic heterocycles. The van der Waals surface area contributed by atoms with Crippen molar-refractivity contribution in [3.8, 4) is 0 Å². The third kappa shape index (κ3) is 2.88. The minimum absolute atomic E-state index is 0.0300. The van der Waals surface area contributed by atoms with Crippen LogP contribution in [0.4, 0.5) is 5.82 Å². The van der Waals surface area contributed by atoms with Crippen LogP contribution >= 0.6 is 0 Å². The minimum Gasteiger partial charge on any atom is -0.392 e. The molecule has 0 spiro atoms. The number of aliphatic hydroxyl groups is 1. The number of aromatic nitrogens is 2. The van der Waals surface area contributed by atoms with E-state index in [1.54, 1.807) is 0 Å². The van der Waals surface area contributed by atoms with Crippen LogP contribution in [0.2, 0.25) is 0 Å². The second kappa shape index (κ2) is 4.70. The Bertz CT molecular complexity index is 436. The molecule has 1 saturated heterocycles. The molecule has 18 heavy (non-hydrogen) atoms. The van der Waals surface area contributed by atoms with E-state index in [0.717, 1.165) is 5.69 Å². The molecule has 2 atom stereocenters. The maximum absolute atomic E-state index is 11.9. The molecule has 100 valence electrons. The Labute approximate surface area is 106 Å². The molecule has 0 aromatic carbocycles. The van der Waals surface area contributed by atoms with Gasteiger partial charge in [-0.25, -0.2) is 0 Å². The van der Waals surface area contributed by atoms with Gasteiger partial charge in [0, 0.05) is 23.7 Å². The summed E-state index contributed by atoms with van der Waals surface area (Å²) in [6, 6.07) is 1.50. The fraction of sp³-hybridized carbons (Fsp3) is 0.667. The first-order valence-electron chi connectivity index (χ1n) is 6.14. The van der Waals surface area contributed by atoms with E-state index in [9.17, 15) is 9.90 Å². The molecular formula is C12H20N4O2. The average molecular weight is 252 g/mol. The summed E-state index contributed by atoms with van der Waals surface area (Å²) in [5.74, 6) is 0.367. The van der Waals surface area contributed by atoms with Crippen molar-refractivity contribution in [1.82, 2.24) is 15.5 Å². The lowest BCUT2D eigenvalue weighted by Crippen LogP contribution is -2.35. The number of nitrogens with zero attached hydrogens (tertiary/aromatic N) is 1. The SMILES string of the molecule is CC(C)(C)c1cc(NC(=O)C2CC(O)CN2)n[nH]1. The number of H-pyrrole nitrogens is 1. The Morgan fingerprint density at radius 3 is 2.78 bits per heavy atom. The van der Waals surface area contributed by atoms with Gasteiger partial charge in [0.2, 0.25) is 5.91 Å². The van der Waals surface area contributed by atoms with Gasteiger partial charge in [-0.05, 0) is 6.42 Å². The van der Waals surface area contributed by atoms with Crippen molar-refractivity contribution < 1.29 is 9.90 Å². The van der Waals surface area contributed by atoms with Crippen molar-refractivity contribution in [3.05, 3.63) is 11.8 Å². The molecule has 1 fully saturated rings. The summed E-state index contributed by atoms with van der Waals surface area (Å²) < 4.78 is 0. The van der Waals surface area contributed by atoms with Gasteiger partial charge in [0.1, 0.15) is 0 Å². The molecule has 4 N–H and O–H groups in total. The van der Waals surface area contributed by atoms with Gasteiger partial charge < -0.3 is 15.7 Å². The van der Waals surface area contributed by atoms with Gasteiger partial charge in [0.15, 0.2) is 5.82 Å². The van der Waals surface area contributed by atoms with Crippen LogP contribution in [0.15, 0.2) is 6.07 Å².